The summed E-state index contributed by atoms with van der Waals surface area (Å²) in [6, 6.07) is 11.2. The molecule has 2 aromatic rings. The highest BCUT2D eigenvalue weighted by Crippen LogP contribution is 2.29. The van der Waals surface area contributed by atoms with Gasteiger partial charge in [0.1, 0.15) is 17.6 Å². The van der Waals surface area contributed by atoms with Crippen LogP contribution < -0.4 is 20.3 Å². The van der Waals surface area contributed by atoms with Crippen molar-refractivity contribution in [2.75, 3.05) is 31.6 Å². The van der Waals surface area contributed by atoms with Crippen molar-refractivity contribution >= 4 is 17.5 Å². The van der Waals surface area contributed by atoms with E-state index in [1.807, 2.05) is 6.07 Å². The number of nitrogens with zero attached hydrogens (tertiary/aromatic N) is 1. The van der Waals surface area contributed by atoms with Gasteiger partial charge in [-0.15, -0.1) is 0 Å². The molecule has 2 aromatic carbocycles. The molecule has 1 saturated carbocycles. The number of fused-ring (bicyclic) bond motifs is 1. The second-order valence-corrected chi connectivity index (χ2v) is 9.64. The minimum absolute atomic E-state index is 0.171. The first-order chi connectivity index (χ1) is 17.0. The number of methoxy groups -OCH3 is 1. The SMILES string of the molecule is COc1cccc(C(=O)N[C@@H](CCC2CCCCC2)C(=O)NCCN2CCc3ccc(F)cc32)c1. The summed E-state index contributed by atoms with van der Waals surface area (Å²) in [5.41, 5.74) is 2.50. The number of benzene rings is 2. The predicted octanol–water partition coefficient (Wildman–Crippen LogP) is 4.47. The van der Waals surface area contributed by atoms with Crippen LogP contribution in [0, 0.1) is 11.7 Å². The van der Waals surface area contributed by atoms with Gasteiger partial charge < -0.3 is 20.3 Å². The van der Waals surface area contributed by atoms with Crippen molar-refractivity contribution in [2.24, 2.45) is 5.92 Å². The van der Waals surface area contributed by atoms with Crippen molar-refractivity contribution in [3.8, 4) is 5.75 Å². The number of carbonyl (C=O) groups excluding carboxylic acids is 2. The molecule has 0 spiro atoms. The fraction of sp³-hybridized carbons (Fsp3) is 0.500. The number of ether oxygens (including phenoxy) is 1. The molecule has 0 bridgehead atoms. The molecule has 0 unspecified atom stereocenters. The molecule has 6 nitrogen and oxygen atoms in total. The Labute approximate surface area is 207 Å². The molecule has 0 saturated heterocycles. The van der Waals surface area contributed by atoms with E-state index < -0.39 is 6.04 Å². The van der Waals surface area contributed by atoms with Crippen LogP contribution in [0.25, 0.3) is 0 Å². The van der Waals surface area contributed by atoms with Gasteiger partial charge in [-0.05, 0) is 61.1 Å². The van der Waals surface area contributed by atoms with Crippen LogP contribution in [-0.4, -0.2) is 44.6 Å². The van der Waals surface area contributed by atoms with Crippen LogP contribution in [0.1, 0.15) is 60.9 Å². The lowest BCUT2D eigenvalue weighted by molar-refractivity contribution is -0.123. The Morgan fingerprint density at radius 1 is 1.14 bits per heavy atom. The average molecular weight is 482 g/mol. The van der Waals surface area contributed by atoms with Gasteiger partial charge in [-0.1, -0.05) is 44.2 Å². The minimum Gasteiger partial charge on any atom is -0.497 e. The molecule has 188 valence electrons. The van der Waals surface area contributed by atoms with Crippen molar-refractivity contribution in [3.63, 3.8) is 0 Å². The Kier molecular flexibility index (Phi) is 8.61. The van der Waals surface area contributed by atoms with Gasteiger partial charge in [-0.2, -0.15) is 0 Å². The zero-order valence-corrected chi connectivity index (χ0v) is 20.5. The van der Waals surface area contributed by atoms with Gasteiger partial charge in [0, 0.05) is 30.9 Å². The van der Waals surface area contributed by atoms with Crippen LogP contribution in [0.5, 0.6) is 5.75 Å². The second kappa shape index (κ2) is 12.0. The fourth-order valence-corrected chi connectivity index (χ4v) is 5.24. The zero-order valence-electron chi connectivity index (χ0n) is 20.5. The Balaban J connectivity index is 1.35. The Bertz CT molecular complexity index is 1020. The van der Waals surface area contributed by atoms with E-state index in [0.29, 0.717) is 36.7 Å². The Morgan fingerprint density at radius 2 is 1.97 bits per heavy atom. The molecule has 2 aliphatic rings. The van der Waals surface area contributed by atoms with Gasteiger partial charge >= 0.3 is 0 Å². The number of carbonyl (C=O) groups is 2. The molecule has 4 rings (SSSR count). The average Bonchev–Trinajstić information content (AvgIpc) is 3.28. The van der Waals surface area contributed by atoms with Crippen molar-refractivity contribution in [2.45, 2.75) is 57.4 Å². The third kappa shape index (κ3) is 6.74. The van der Waals surface area contributed by atoms with Gasteiger partial charge in [0.15, 0.2) is 0 Å². The first-order valence-corrected chi connectivity index (χ1v) is 12.8. The van der Waals surface area contributed by atoms with E-state index in [-0.39, 0.29) is 17.6 Å². The van der Waals surface area contributed by atoms with Crippen LogP contribution in [0.4, 0.5) is 10.1 Å². The molecule has 7 heteroatoms. The smallest absolute Gasteiger partial charge is 0.252 e. The number of hydrogen-bond acceptors (Lipinski definition) is 4. The Morgan fingerprint density at radius 3 is 2.77 bits per heavy atom. The van der Waals surface area contributed by atoms with E-state index in [9.17, 15) is 14.0 Å². The van der Waals surface area contributed by atoms with E-state index in [1.165, 1.54) is 38.2 Å². The second-order valence-electron chi connectivity index (χ2n) is 9.64. The molecule has 1 aliphatic heterocycles. The van der Waals surface area contributed by atoms with Crippen LogP contribution >= 0.6 is 0 Å². The monoisotopic (exact) mass is 481 g/mol. The van der Waals surface area contributed by atoms with Crippen molar-refractivity contribution in [3.05, 3.63) is 59.4 Å². The standard InChI is InChI=1S/C28H36FN3O3/c1-35-24-9-5-8-22(18-24)27(33)31-25(13-10-20-6-3-2-4-7-20)28(34)30-15-17-32-16-14-21-11-12-23(29)19-26(21)32/h5,8-9,11-12,18-20,25H,2-4,6-7,10,13-17H2,1H3,(H,30,34)(H,31,33)/t25-/m0/s1. The van der Waals surface area contributed by atoms with Crippen LogP contribution in [0.2, 0.25) is 0 Å². The molecule has 0 radical (unpaired) electrons. The highest BCUT2D eigenvalue weighted by Gasteiger charge is 2.25. The number of rotatable bonds is 10. The topological polar surface area (TPSA) is 70.7 Å². The molecule has 1 aliphatic carbocycles. The number of halogens is 1. The highest BCUT2D eigenvalue weighted by molar-refractivity contribution is 5.97. The van der Waals surface area contributed by atoms with Crippen LogP contribution in [-0.2, 0) is 11.2 Å². The third-order valence-electron chi connectivity index (χ3n) is 7.26. The maximum Gasteiger partial charge on any atom is 0.252 e. The first kappa shape index (κ1) is 25.0. The molecule has 0 aromatic heterocycles. The maximum absolute atomic E-state index is 13.7. The van der Waals surface area contributed by atoms with Crippen molar-refractivity contribution in [1.82, 2.24) is 10.6 Å². The molecule has 1 atom stereocenters. The maximum atomic E-state index is 13.7. The summed E-state index contributed by atoms with van der Waals surface area (Å²) in [5, 5.41) is 5.96. The predicted molar refractivity (Wildman–Crippen MR) is 135 cm³/mol. The van der Waals surface area contributed by atoms with Gasteiger partial charge in [0.25, 0.3) is 5.91 Å². The molecule has 1 heterocycles. The van der Waals surface area contributed by atoms with Gasteiger partial charge in [-0.25, -0.2) is 4.39 Å². The summed E-state index contributed by atoms with van der Waals surface area (Å²) >= 11 is 0. The van der Waals surface area contributed by atoms with E-state index in [0.717, 1.165) is 30.6 Å². The quantitative estimate of drug-likeness (QED) is 0.525. The molecular weight excluding hydrogens is 445 g/mol. The van der Waals surface area contributed by atoms with Crippen molar-refractivity contribution < 1.29 is 18.7 Å². The third-order valence-corrected chi connectivity index (χ3v) is 7.26. The summed E-state index contributed by atoms with van der Waals surface area (Å²) < 4.78 is 18.9. The molecule has 35 heavy (non-hydrogen) atoms. The summed E-state index contributed by atoms with van der Waals surface area (Å²) in [4.78, 5) is 28.2. The van der Waals surface area contributed by atoms with E-state index in [1.54, 1.807) is 37.4 Å². The van der Waals surface area contributed by atoms with Gasteiger partial charge in [0.05, 0.1) is 7.11 Å². The molecule has 2 N–H and O–H groups in total. The number of hydrogen-bond donors (Lipinski definition) is 2. The summed E-state index contributed by atoms with van der Waals surface area (Å²) in [5.74, 6) is 0.516. The number of anilines is 1. The normalized spacial score (nSPS) is 16.5. The summed E-state index contributed by atoms with van der Waals surface area (Å²) in [6.45, 7) is 1.84. The van der Waals surface area contributed by atoms with E-state index >= 15 is 0 Å². The first-order valence-electron chi connectivity index (χ1n) is 12.8. The lowest BCUT2D eigenvalue weighted by atomic mass is 9.85. The lowest BCUT2D eigenvalue weighted by Gasteiger charge is -2.25. The summed E-state index contributed by atoms with van der Waals surface area (Å²) in [7, 11) is 1.56. The lowest BCUT2D eigenvalue weighted by Crippen LogP contribution is -2.48. The minimum atomic E-state index is -0.598. The molecular formula is C28H36FN3O3. The van der Waals surface area contributed by atoms with E-state index in [4.69, 9.17) is 4.74 Å². The summed E-state index contributed by atoms with van der Waals surface area (Å²) in [6.07, 6.45) is 8.59. The van der Waals surface area contributed by atoms with Gasteiger partial charge in [-0.3, -0.25) is 9.59 Å². The molecule has 2 amide bonds. The largest absolute Gasteiger partial charge is 0.497 e. The number of amides is 2. The van der Waals surface area contributed by atoms with Gasteiger partial charge in [0.2, 0.25) is 5.91 Å². The number of nitrogens with one attached hydrogen (secondary N) is 2. The highest BCUT2D eigenvalue weighted by atomic mass is 19.1. The van der Waals surface area contributed by atoms with E-state index in [2.05, 4.69) is 15.5 Å². The fourth-order valence-electron chi connectivity index (χ4n) is 5.24. The molecule has 1 fully saturated rings. The van der Waals surface area contributed by atoms with Crippen LogP contribution in [0.15, 0.2) is 42.5 Å². The van der Waals surface area contributed by atoms with Crippen LogP contribution in [0.3, 0.4) is 0 Å². The zero-order chi connectivity index (χ0) is 24.6. The van der Waals surface area contributed by atoms with Crippen molar-refractivity contribution in [1.29, 1.82) is 0 Å². The Hall–Kier alpha value is -3.09.